The van der Waals surface area contributed by atoms with Gasteiger partial charge < -0.3 is 5.11 Å². The van der Waals surface area contributed by atoms with Crippen LogP contribution in [0.4, 0.5) is 0 Å². The van der Waals surface area contributed by atoms with Gasteiger partial charge in [0, 0.05) is 0 Å². The minimum atomic E-state index is -0.734. The fraction of sp³-hybridized carbons (Fsp3) is 0.600. The van der Waals surface area contributed by atoms with E-state index in [0.717, 1.165) is 3.39 Å². The molecule has 0 amide bonds. The van der Waals surface area contributed by atoms with Crippen LogP contribution in [0.1, 0.15) is 13.8 Å². The van der Waals surface area contributed by atoms with Crippen LogP contribution in [0.5, 0.6) is 0 Å². The van der Waals surface area contributed by atoms with Crippen LogP contribution in [0.15, 0.2) is 9.47 Å². The monoisotopic (exact) mass is 242 g/mol. The zero-order chi connectivity index (χ0) is 6.78. The highest BCUT2D eigenvalue weighted by Crippen LogP contribution is 2.17. The second-order valence-corrected chi connectivity index (χ2v) is 4.86. The Bertz CT molecular complexity index is 97.5. The molecule has 0 unspecified atom stereocenters. The van der Waals surface area contributed by atoms with Gasteiger partial charge in [-0.1, -0.05) is 0 Å². The fourth-order valence-corrected chi connectivity index (χ4v) is 1.39. The summed E-state index contributed by atoms with van der Waals surface area (Å²) >= 11 is 6.26. The Morgan fingerprint density at radius 3 is 1.88 bits per heavy atom. The molecule has 48 valence electrons. The van der Waals surface area contributed by atoms with E-state index in [1.165, 1.54) is 0 Å². The molecule has 0 saturated carbocycles. The van der Waals surface area contributed by atoms with Crippen LogP contribution < -0.4 is 0 Å². The van der Waals surface area contributed by atoms with E-state index >= 15 is 0 Å². The summed E-state index contributed by atoms with van der Waals surface area (Å²) in [4.78, 5) is 0. The van der Waals surface area contributed by atoms with Crippen LogP contribution in [0.2, 0.25) is 0 Å². The second-order valence-electron chi connectivity index (χ2n) is 2.09. The van der Waals surface area contributed by atoms with Crippen molar-refractivity contribution in [2.45, 2.75) is 19.4 Å². The largest absolute Gasteiger partial charge is 0.386 e. The summed E-state index contributed by atoms with van der Waals surface area (Å²) in [7, 11) is 0. The van der Waals surface area contributed by atoms with Crippen LogP contribution >= 0.6 is 31.9 Å². The first-order valence-electron chi connectivity index (χ1n) is 2.18. The Hall–Kier alpha value is 0.660. The summed E-state index contributed by atoms with van der Waals surface area (Å²) in [6, 6.07) is 0. The van der Waals surface area contributed by atoms with Gasteiger partial charge in [-0.2, -0.15) is 0 Å². The van der Waals surface area contributed by atoms with Crippen LogP contribution in [0, 0.1) is 0 Å². The van der Waals surface area contributed by atoms with E-state index in [4.69, 9.17) is 5.11 Å². The third-order valence-corrected chi connectivity index (χ3v) is 0.920. The molecule has 8 heavy (non-hydrogen) atoms. The van der Waals surface area contributed by atoms with Gasteiger partial charge in [0.05, 0.1) is 8.99 Å². The molecule has 0 aromatic rings. The highest BCUT2D eigenvalue weighted by molar-refractivity contribution is 9.28. The van der Waals surface area contributed by atoms with Gasteiger partial charge in [0.25, 0.3) is 0 Å². The molecule has 0 bridgehead atoms. The van der Waals surface area contributed by atoms with Gasteiger partial charge in [-0.3, -0.25) is 0 Å². The average Bonchev–Trinajstić information content (AvgIpc) is 1.21. The van der Waals surface area contributed by atoms with Crippen LogP contribution in [0.25, 0.3) is 0 Å². The first-order chi connectivity index (χ1) is 3.42. The van der Waals surface area contributed by atoms with E-state index in [9.17, 15) is 0 Å². The molecular weight excluding hydrogens is 236 g/mol. The predicted molar refractivity (Wildman–Crippen MR) is 42.2 cm³/mol. The van der Waals surface area contributed by atoms with Gasteiger partial charge in [0.15, 0.2) is 0 Å². The quantitative estimate of drug-likeness (QED) is 0.750. The summed E-state index contributed by atoms with van der Waals surface area (Å²) < 4.78 is 0.775. The maximum atomic E-state index is 9.05. The van der Waals surface area contributed by atoms with Crippen molar-refractivity contribution in [1.29, 1.82) is 0 Å². The fourth-order valence-electron chi connectivity index (χ4n) is 0.267. The highest BCUT2D eigenvalue weighted by atomic mass is 79.9. The standard InChI is InChI=1S/C5H8Br2O/c1-5(2,8)3-4(6)7/h3,8H,1-2H3. The van der Waals surface area contributed by atoms with E-state index in [1.54, 1.807) is 19.9 Å². The number of hydrogen-bond acceptors (Lipinski definition) is 1. The van der Waals surface area contributed by atoms with Crippen molar-refractivity contribution in [2.75, 3.05) is 0 Å². The van der Waals surface area contributed by atoms with E-state index < -0.39 is 5.60 Å². The van der Waals surface area contributed by atoms with E-state index in [2.05, 4.69) is 31.9 Å². The van der Waals surface area contributed by atoms with Crippen LogP contribution in [-0.4, -0.2) is 10.7 Å². The molecule has 0 rings (SSSR count). The lowest BCUT2D eigenvalue weighted by molar-refractivity contribution is 0.133. The van der Waals surface area contributed by atoms with Gasteiger partial charge in [-0.15, -0.1) is 0 Å². The molecule has 0 spiro atoms. The van der Waals surface area contributed by atoms with Crippen molar-refractivity contribution in [3.05, 3.63) is 9.47 Å². The highest BCUT2D eigenvalue weighted by Gasteiger charge is 2.06. The minimum Gasteiger partial charge on any atom is -0.386 e. The molecule has 1 nitrogen and oxygen atoms in total. The molecule has 0 atom stereocenters. The maximum absolute atomic E-state index is 9.05. The van der Waals surface area contributed by atoms with Gasteiger partial charge in [-0.05, 0) is 51.8 Å². The van der Waals surface area contributed by atoms with Crippen molar-refractivity contribution in [1.82, 2.24) is 0 Å². The van der Waals surface area contributed by atoms with Gasteiger partial charge in [0.2, 0.25) is 0 Å². The van der Waals surface area contributed by atoms with Crippen LogP contribution in [0.3, 0.4) is 0 Å². The third-order valence-electron chi connectivity index (χ3n) is 0.462. The summed E-state index contributed by atoms with van der Waals surface area (Å²) in [5.74, 6) is 0. The van der Waals surface area contributed by atoms with Crippen molar-refractivity contribution in [2.24, 2.45) is 0 Å². The molecule has 1 N–H and O–H groups in total. The zero-order valence-corrected chi connectivity index (χ0v) is 7.95. The number of hydrogen-bond donors (Lipinski definition) is 1. The van der Waals surface area contributed by atoms with Gasteiger partial charge in [0.1, 0.15) is 0 Å². The first kappa shape index (κ1) is 8.66. The molecule has 0 aromatic heterocycles. The molecule has 0 saturated heterocycles. The summed E-state index contributed by atoms with van der Waals surface area (Å²) in [5, 5.41) is 9.05. The van der Waals surface area contributed by atoms with Gasteiger partial charge >= 0.3 is 0 Å². The smallest absolute Gasteiger partial charge is 0.0790 e. The van der Waals surface area contributed by atoms with Gasteiger partial charge in [-0.25, -0.2) is 0 Å². The minimum absolute atomic E-state index is 0.734. The topological polar surface area (TPSA) is 20.2 Å². The van der Waals surface area contributed by atoms with E-state index in [0.29, 0.717) is 0 Å². The molecular formula is C5H8Br2O. The van der Waals surface area contributed by atoms with Crippen molar-refractivity contribution in [3.63, 3.8) is 0 Å². The van der Waals surface area contributed by atoms with E-state index in [1.807, 2.05) is 0 Å². The third kappa shape index (κ3) is 6.66. The zero-order valence-electron chi connectivity index (χ0n) is 4.78. The molecule has 0 heterocycles. The lowest BCUT2D eigenvalue weighted by atomic mass is 10.1. The molecule has 3 heteroatoms. The summed E-state index contributed by atoms with van der Waals surface area (Å²) in [5.41, 5.74) is -0.734. The Labute approximate surface area is 66.0 Å². The lowest BCUT2D eigenvalue weighted by Gasteiger charge is -2.09. The second kappa shape index (κ2) is 2.99. The Morgan fingerprint density at radius 1 is 1.50 bits per heavy atom. The Kier molecular flexibility index (Phi) is 3.24. The number of rotatable bonds is 1. The van der Waals surface area contributed by atoms with Crippen molar-refractivity contribution >= 4 is 31.9 Å². The molecule has 0 fully saturated rings. The Balaban J connectivity index is 3.89. The maximum Gasteiger partial charge on any atom is 0.0790 e. The lowest BCUT2D eigenvalue weighted by Crippen LogP contribution is -2.13. The molecule has 0 radical (unpaired) electrons. The molecule has 0 aliphatic heterocycles. The molecule has 0 aromatic carbocycles. The van der Waals surface area contributed by atoms with Crippen LogP contribution in [-0.2, 0) is 0 Å². The molecule has 0 aliphatic rings. The normalized spacial score (nSPS) is 11.1. The van der Waals surface area contributed by atoms with E-state index in [-0.39, 0.29) is 0 Å². The predicted octanol–water partition coefficient (Wildman–Crippen LogP) is 2.39. The Morgan fingerprint density at radius 2 is 1.88 bits per heavy atom. The number of halogens is 2. The number of aliphatic hydroxyl groups is 1. The van der Waals surface area contributed by atoms with Crippen molar-refractivity contribution in [3.8, 4) is 0 Å². The summed E-state index contributed by atoms with van der Waals surface area (Å²) in [6.45, 7) is 3.41. The summed E-state index contributed by atoms with van der Waals surface area (Å²) in [6.07, 6.45) is 1.66. The average molecular weight is 244 g/mol. The van der Waals surface area contributed by atoms with Crippen molar-refractivity contribution < 1.29 is 5.11 Å². The first-order valence-corrected chi connectivity index (χ1v) is 3.76. The SMILES string of the molecule is CC(C)(O)C=C(Br)Br. The molecule has 0 aliphatic carbocycles.